The number of aliphatic hydroxyl groups is 1. The number of carbonyl (C=O) groups excluding carboxylic acids is 1. The highest BCUT2D eigenvalue weighted by atomic mass is 16.4. The van der Waals surface area contributed by atoms with Crippen LogP contribution in [0.15, 0.2) is 30.3 Å². The maximum Gasteiger partial charge on any atom is 0.330 e. The van der Waals surface area contributed by atoms with Crippen LogP contribution >= 0.6 is 0 Å². The first kappa shape index (κ1) is 14.2. The van der Waals surface area contributed by atoms with Gasteiger partial charge in [-0.3, -0.25) is 4.79 Å². The number of carboxylic acid groups (broad SMARTS) is 1. The van der Waals surface area contributed by atoms with Gasteiger partial charge in [-0.2, -0.15) is 0 Å². The van der Waals surface area contributed by atoms with Crippen LogP contribution in [0.1, 0.15) is 30.9 Å². The summed E-state index contributed by atoms with van der Waals surface area (Å²) < 4.78 is 0. The summed E-state index contributed by atoms with van der Waals surface area (Å²) in [6, 6.07) is 7.53. The highest BCUT2D eigenvalue weighted by molar-refractivity contribution is 5.84. The number of aliphatic hydroxyl groups excluding tert-OH is 1. The Labute approximate surface area is 105 Å². The summed E-state index contributed by atoms with van der Waals surface area (Å²) in [5.41, 5.74) is 0.542. The van der Waals surface area contributed by atoms with E-state index in [0.717, 1.165) is 0 Å². The molecule has 0 bridgehead atoms. The molecule has 0 radical (unpaired) electrons. The van der Waals surface area contributed by atoms with Gasteiger partial charge in [0.25, 0.3) is 0 Å². The molecule has 0 aliphatic rings. The Hall–Kier alpha value is -1.88. The molecule has 0 spiro atoms. The van der Waals surface area contributed by atoms with E-state index in [9.17, 15) is 9.59 Å². The number of carboxylic acids is 1. The van der Waals surface area contributed by atoms with E-state index in [-0.39, 0.29) is 18.9 Å². The van der Waals surface area contributed by atoms with E-state index in [4.69, 9.17) is 10.2 Å². The van der Waals surface area contributed by atoms with Crippen LogP contribution in [0.25, 0.3) is 0 Å². The number of aliphatic carboxylic acids is 1. The van der Waals surface area contributed by atoms with Gasteiger partial charge in [0, 0.05) is 13.0 Å². The van der Waals surface area contributed by atoms with E-state index >= 15 is 0 Å². The Kier molecular flexibility index (Phi) is 5.87. The third-order valence-corrected chi connectivity index (χ3v) is 2.50. The number of amides is 1. The predicted molar refractivity (Wildman–Crippen MR) is 65.9 cm³/mol. The quantitative estimate of drug-likeness (QED) is 0.633. The Bertz CT molecular complexity index is 391. The van der Waals surface area contributed by atoms with E-state index < -0.39 is 12.0 Å². The van der Waals surface area contributed by atoms with E-state index in [1.165, 1.54) is 0 Å². The van der Waals surface area contributed by atoms with E-state index in [1.807, 2.05) is 0 Å². The lowest BCUT2D eigenvalue weighted by Crippen LogP contribution is -2.33. The van der Waals surface area contributed by atoms with Crippen molar-refractivity contribution >= 4 is 11.9 Å². The molecule has 0 saturated heterocycles. The average Bonchev–Trinajstić information content (AvgIpc) is 2.37. The lowest BCUT2D eigenvalue weighted by atomic mass is 10.1. The van der Waals surface area contributed by atoms with Crippen LogP contribution in [0.2, 0.25) is 0 Å². The van der Waals surface area contributed by atoms with Gasteiger partial charge in [-0.1, -0.05) is 30.3 Å². The highest BCUT2D eigenvalue weighted by Gasteiger charge is 2.21. The lowest BCUT2D eigenvalue weighted by molar-refractivity contribution is -0.142. The Morgan fingerprint density at radius 1 is 1.17 bits per heavy atom. The highest BCUT2D eigenvalue weighted by Crippen LogP contribution is 2.13. The van der Waals surface area contributed by atoms with Crippen molar-refractivity contribution in [2.75, 3.05) is 6.61 Å². The largest absolute Gasteiger partial charge is 0.479 e. The molecule has 1 aromatic carbocycles. The van der Waals surface area contributed by atoms with Crippen molar-refractivity contribution in [2.24, 2.45) is 0 Å². The Morgan fingerprint density at radius 2 is 1.83 bits per heavy atom. The molecule has 5 heteroatoms. The van der Waals surface area contributed by atoms with Crippen molar-refractivity contribution in [3.8, 4) is 0 Å². The minimum atomic E-state index is -1.09. The minimum absolute atomic E-state index is 0.0360. The standard InChI is InChI=1S/C13H17NO4/c15-9-5-4-8-11(16)14-12(13(17)18)10-6-2-1-3-7-10/h1-3,6-7,12,15H,4-5,8-9H2,(H,14,16)(H,17,18). The molecule has 1 unspecified atom stereocenters. The summed E-state index contributed by atoms with van der Waals surface area (Å²) in [5.74, 6) is -1.41. The van der Waals surface area contributed by atoms with Crippen molar-refractivity contribution in [3.05, 3.63) is 35.9 Å². The summed E-state index contributed by atoms with van der Waals surface area (Å²) >= 11 is 0. The van der Waals surface area contributed by atoms with Gasteiger partial charge >= 0.3 is 5.97 Å². The fourth-order valence-electron chi connectivity index (χ4n) is 1.56. The third-order valence-electron chi connectivity index (χ3n) is 2.50. The fraction of sp³-hybridized carbons (Fsp3) is 0.385. The van der Waals surface area contributed by atoms with Crippen molar-refractivity contribution in [1.29, 1.82) is 0 Å². The molecule has 1 amide bonds. The van der Waals surface area contributed by atoms with Gasteiger partial charge in [0.15, 0.2) is 6.04 Å². The Morgan fingerprint density at radius 3 is 2.39 bits per heavy atom. The van der Waals surface area contributed by atoms with Crippen molar-refractivity contribution < 1.29 is 19.8 Å². The topological polar surface area (TPSA) is 86.6 Å². The maximum atomic E-state index is 11.5. The van der Waals surface area contributed by atoms with Crippen LogP contribution in [-0.4, -0.2) is 28.7 Å². The molecule has 0 saturated carbocycles. The molecule has 1 atom stereocenters. The van der Waals surface area contributed by atoms with Gasteiger partial charge in [-0.05, 0) is 18.4 Å². The van der Waals surface area contributed by atoms with E-state index in [1.54, 1.807) is 30.3 Å². The molecular formula is C13H17NO4. The van der Waals surface area contributed by atoms with Gasteiger partial charge in [0.2, 0.25) is 5.91 Å². The summed E-state index contributed by atoms with van der Waals surface area (Å²) in [4.78, 5) is 22.7. The SMILES string of the molecule is O=C(CCCCO)NC(C(=O)O)c1ccccc1. The molecule has 3 N–H and O–H groups in total. The second kappa shape index (κ2) is 7.45. The summed E-state index contributed by atoms with van der Waals surface area (Å²) in [5, 5.41) is 20.2. The lowest BCUT2D eigenvalue weighted by Gasteiger charge is -2.14. The molecule has 1 aromatic rings. The van der Waals surface area contributed by atoms with Gasteiger partial charge in [-0.15, -0.1) is 0 Å². The number of benzene rings is 1. The molecule has 5 nitrogen and oxygen atoms in total. The van der Waals surface area contributed by atoms with Gasteiger partial charge in [-0.25, -0.2) is 4.79 Å². The molecule has 0 aliphatic heterocycles. The second-order valence-electron chi connectivity index (χ2n) is 3.93. The molecule has 0 aliphatic carbocycles. The third kappa shape index (κ3) is 4.55. The zero-order valence-corrected chi connectivity index (χ0v) is 10.0. The van der Waals surface area contributed by atoms with Crippen LogP contribution in [0.5, 0.6) is 0 Å². The average molecular weight is 251 g/mol. The molecule has 1 rings (SSSR count). The first-order valence-electron chi connectivity index (χ1n) is 5.83. The molecule has 98 valence electrons. The van der Waals surface area contributed by atoms with Gasteiger partial charge in [0.05, 0.1) is 0 Å². The smallest absolute Gasteiger partial charge is 0.330 e. The minimum Gasteiger partial charge on any atom is -0.479 e. The Balaban J connectivity index is 2.59. The predicted octanol–water partition coefficient (Wildman–Crippen LogP) is 1.09. The number of carbonyl (C=O) groups is 2. The zero-order chi connectivity index (χ0) is 13.4. The normalized spacial score (nSPS) is 11.8. The number of rotatable bonds is 7. The molecule has 18 heavy (non-hydrogen) atoms. The van der Waals surface area contributed by atoms with Crippen LogP contribution in [-0.2, 0) is 9.59 Å². The monoisotopic (exact) mass is 251 g/mol. The first-order valence-corrected chi connectivity index (χ1v) is 5.83. The number of nitrogens with one attached hydrogen (secondary N) is 1. The molecule has 0 fully saturated rings. The van der Waals surface area contributed by atoms with Crippen LogP contribution < -0.4 is 5.32 Å². The maximum absolute atomic E-state index is 11.5. The summed E-state index contributed by atoms with van der Waals surface area (Å²) in [7, 11) is 0. The zero-order valence-electron chi connectivity index (χ0n) is 10.0. The van der Waals surface area contributed by atoms with E-state index in [0.29, 0.717) is 18.4 Å². The van der Waals surface area contributed by atoms with Gasteiger partial charge < -0.3 is 15.5 Å². The summed E-state index contributed by atoms with van der Waals surface area (Å²) in [6.45, 7) is 0.0360. The van der Waals surface area contributed by atoms with Crippen molar-refractivity contribution in [3.63, 3.8) is 0 Å². The summed E-state index contributed by atoms with van der Waals surface area (Å²) in [6.07, 6.45) is 1.30. The van der Waals surface area contributed by atoms with Crippen LogP contribution in [0.4, 0.5) is 0 Å². The molecule has 0 aromatic heterocycles. The fourth-order valence-corrected chi connectivity index (χ4v) is 1.56. The van der Waals surface area contributed by atoms with Crippen molar-refractivity contribution in [2.45, 2.75) is 25.3 Å². The van der Waals surface area contributed by atoms with Crippen molar-refractivity contribution in [1.82, 2.24) is 5.32 Å². The number of hydrogen-bond acceptors (Lipinski definition) is 3. The second-order valence-corrected chi connectivity index (χ2v) is 3.93. The van der Waals surface area contributed by atoms with E-state index in [2.05, 4.69) is 5.32 Å². The van der Waals surface area contributed by atoms with Crippen LogP contribution in [0, 0.1) is 0 Å². The van der Waals surface area contributed by atoms with Crippen LogP contribution in [0.3, 0.4) is 0 Å². The first-order chi connectivity index (χ1) is 8.65. The number of hydrogen-bond donors (Lipinski definition) is 3. The number of unbranched alkanes of at least 4 members (excludes halogenated alkanes) is 1. The molecule has 0 heterocycles. The molecular weight excluding hydrogens is 234 g/mol. The van der Waals surface area contributed by atoms with Gasteiger partial charge in [0.1, 0.15) is 0 Å².